The van der Waals surface area contributed by atoms with Gasteiger partial charge in [-0.1, -0.05) is 6.92 Å². The van der Waals surface area contributed by atoms with Crippen molar-refractivity contribution < 1.29 is 19.4 Å². The van der Waals surface area contributed by atoms with Crippen molar-refractivity contribution in [3.8, 4) is 0 Å². The minimum Gasteiger partial charge on any atom is -0.480 e. The van der Waals surface area contributed by atoms with Gasteiger partial charge < -0.3 is 19.6 Å². The van der Waals surface area contributed by atoms with E-state index in [1.165, 1.54) is 4.90 Å². The van der Waals surface area contributed by atoms with Crippen LogP contribution in [0.3, 0.4) is 0 Å². The lowest BCUT2D eigenvalue weighted by atomic mass is 9.92. The number of carbonyl (C=O) groups excluding carboxylic acids is 1. The van der Waals surface area contributed by atoms with Crippen LogP contribution in [0.25, 0.3) is 0 Å². The van der Waals surface area contributed by atoms with Gasteiger partial charge in [-0.25, -0.2) is 9.59 Å². The van der Waals surface area contributed by atoms with Gasteiger partial charge in [-0.15, -0.1) is 0 Å². The summed E-state index contributed by atoms with van der Waals surface area (Å²) in [7, 11) is 1.73. The first-order valence-electron chi connectivity index (χ1n) is 6.84. The normalized spacial score (nSPS) is 31.3. The highest BCUT2D eigenvalue weighted by Crippen LogP contribution is 2.24. The molecule has 6 nitrogen and oxygen atoms in total. The smallest absolute Gasteiger partial charge is 0.326 e. The number of carboxylic acids is 1. The molecule has 3 unspecified atom stereocenters. The van der Waals surface area contributed by atoms with Crippen molar-refractivity contribution in [2.24, 2.45) is 5.92 Å². The third-order valence-corrected chi connectivity index (χ3v) is 4.15. The molecule has 19 heavy (non-hydrogen) atoms. The first kappa shape index (κ1) is 14.1. The van der Waals surface area contributed by atoms with Crippen molar-refractivity contribution in [3.05, 3.63) is 0 Å². The van der Waals surface area contributed by atoms with Gasteiger partial charge in [-0.2, -0.15) is 0 Å². The zero-order chi connectivity index (χ0) is 14.0. The Morgan fingerprint density at radius 3 is 2.68 bits per heavy atom. The lowest BCUT2D eigenvalue weighted by Gasteiger charge is -2.39. The molecule has 2 aliphatic rings. The Bertz CT molecular complexity index is 355. The summed E-state index contributed by atoms with van der Waals surface area (Å²) in [5, 5.41) is 9.29. The SMILES string of the molecule is CC1CCN(C(=O)N(C)C2CCOC2)C(C(=O)O)C1. The lowest BCUT2D eigenvalue weighted by Crippen LogP contribution is -2.55. The van der Waals surface area contributed by atoms with Gasteiger partial charge in [0.2, 0.25) is 0 Å². The second kappa shape index (κ2) is 5.77. The molecule has 2 amide bonds. The van der Waals surface area contributed by atoms with Gasteiger partial charge >= 0.3 is 12.0 Å². The summed E-state index contributed by atoms with van der Waals surface area (Å²) in [6.45, 7) is 3.77. The van der Waals surface area contributed by atoms with Gasteiger partial charge in [0.05, 0.1) is 12.6 Å². The van der Waals surface area contributed by atoms with Crippen LogP contribution in [0.15, 0.2) is 0 Å². The standard InChI is InChI=1S/C13H22N2O4/c1-9-3-5-15(11(7-9)12(16)17)13(18)14(2)10-4-6-19-8-10/h9-11H,3-8H2,1-2H3,(H,16,17). The zero-order valence-corrected chi connectivity index (χ0v) is 11.5. The molecule has 2 rings (SSSR count). The van der Waals surface area contributed by atoms with Crippen molar-refractivity contribution in [2.75, 3.05) is 26.8 Å². The monoisotopic (exact) mass is 270 g/mol. The predicted octanol–water partition coefficient (Wildman–Crippen LogP) is 1.01. The largest absolute Gasteiger partial charge is 0.480 e. The Morgan fingerprint density at radius 2 is 2.11 bits per heavy atom. The van der Waals surface area contributed by atoms with Gasteiger partial charge in [-0.05, 0) is 25.2 Å². The van der Waals surface area contributed by atoms with Crippen molar-refractivity contribution in [1.82, 2.24) is 9.80 Å². The molecule has 1 N–H and O–H groups in total. The Hall–Kier alpha value is -1.30. The second-order valence-corrected chi connectivity index (χ2v) is 5.59. The minimum atomic E-state index is -0.907. The lowest BCUT2D eigenvalue weighted by molar-refractivity contribution is -0.144. The molecule has 2 heterocycles. The van der Waals surface area contributed by atoms with Gasteiger partial charge in [0.25, 0.3) is 0 Å². The van der Waals surface area contributed by atoms with Crippen LogP contribution < -0.4 is 0 Å². The number of carbonyl (C=O) groups is 2. The number of urea groups is 1. The van der Waals surface area contributed by atoms with Crippen molar-refractivity contribution in [2.45, 2.75) is 38.3 Å². The van der Waals surface area contributed by atoms with E-state index in [1.54, 1.807) is 11.9 Å². The van der Waals surface area contributed by atoms with E-state index in [-0.39, 0.29) is 12.1 Å². The number of hydrogen-bond donors (Lipinski definition) is 1. The van der Waals surface area contributed by atoms with Gasteiger partial charge in [0, 0.05) is 20.2 Å². The number of nitrogens with zero attached hydrogens (tertiary/aromatic N) is 2. The van der Waals surface area contributed by atoms with Crippen molar-refractivity contribution in [3.63, 3.8) is 0 Å². The van der Waals surface area contributed by atoms with E-state index < -0.39 is 12.0 Å². The van der Waals surface area contributed by atoms with E-state index in [0.29, 0.717) is 32.1 Å². The maximum Gasteiger partial charge on any atom is 0.326 e. The average Bonchev–Trinajstić information content (AvgIpc) is 2.90. The van der Waals surface area contributed by atoms with Gasteiger partial charge in [0.15, 0.2) is 0 Å². The summed E-state index contributed by atoms with van der Waals surface area (Å²) < 4.78 is 5.28. The highest BCUT2D eigenvalue weighted by molar-refractivity contribution is 5.83. The third kappa shape index (κ3) is 3.00. The quantitative estimate of drug-likeness (QED) is 0.813. The Morgan fingerprint density at radius 1 is 1.37 bits per heavy atom. The molecule has 0 aromatic heterocycles. The molecule has 2 saturated heterocycles. The number of aliphatic carboxylic acids is 1. The second-order valence-electron chi connectivity index (χ2n) is 5.59. The maximum atomic E-state index is 12.4. The van der Waals surface area contributed by atoms with Crippen LogP contribution in [0.4, 0.5) is 4.79 Å². The molecule has 0 saturated carbocycles. The van der Waals surface area contributed by atoms with E-state index in [4.69, 9.17) is 4.74 Å². The van der Waals surface area contributed by atoms with Crippen LogP contribution in [0.5, 0.6) is 0 Å². The number of likely N-dealkylation sites (N-methyl/N-ethyl adjacent to an activating group) is 1. The average molecular weight is 270 g/mol. The minimum absolute atomic E-state index is 0.0706. The number of ether oxygens (including phenoxy) is 1. The molecule has 0 radical (unpaired) electrons. The summed E-state index contributed by atoms with van der Waals surface area (Å²) in [5.74, 6) is -0.554. The molecule has 0 aromatic carbocycles. The van der Waals surface area contributed by atoms with Gasteiger partial charge in [-0.3, -0.25) is 0 Å². The van der Waals surface area contributed by atoms with Crippen LogP contribution >= 0.6 is 0 Å². The molecule has 0 aromatic rings. The van der Waals surface area contributed by atoms with E-state index >= 15 is 0 Å². The molecule has 3 atom stereocenters. The van der Waals surface area contributed by atoms with Crippen LogP contribution in [0.1, 0.15) is 26.2 Å². The summed E-state index contributed by atoms with van der Waals surface area (Å²) in [4.78, 5) is 26.9. The fraction of sp³-hybridized carbons (Fsp3) is 0.846. The fourth-order valence-corrected chi connectivity index (χ4v) is 2.79. The molecule has 2 aliphatic heterocycles. The zero-order valence-electron chi connectivity index (χ0n) is 11.5. The molecule has 0 aliphatic carbocycles. The molecule has 108 valence electrons. The van der Waals surface area contributed by atoms with Crippen LogP contribution in [-0.2, 0) is 9.53 Å². The number of rotatable bonds is 2. The molecular formula is C13H22N2O4. The van der Waals surface area contributed by atoms with E-state index in [9.17, 15) is 14.7 Å². The maximum absolute atomic E-state index is 12.4. The Kier molecular flexibility index (Phi) is 4.29. The fourth-order valence-electron chi connectivity index (χ4n) is 2.79. The Balaban J connectivity index is 2.05. The van der Waals surface area contributed by atoms with E-state index in [0.717, 1.165) is 12.8 Å². The highest BCUT2D eigenvalue weighted by Gasteiger charge is 2.37. The first-order valence-corrected chi connectivity index (χ1v) is 6.84. The summed E-state index contributed by atoms with van der Waals surface area (Å²) in [5.41, 5.74) is 0. The number of hydrogen-bond acceptors (Lipinski definition) is 3. The van der Waals surface area contributed by atoms with Crippen molar-refractivity contribution in [1.29, 1.82) is 0 Å². The number of amides is 2. The van der Waals surface area contributed by atoms with Gasteiger partial charge in [0.1, 0.15) is 6.04 Å². The molecule has 6 heteroatoms. The first-order chi connectivity index (χ1) is 9.00. The highest BCUT2D eigenvalue weighted by atomic mass is 16.5. The summed E-state index contributed by atoms with van der Waals surface area (Å²) >= 11 is 0. The van der Waals surface area contributed by atoms with E-state index in [1.807, 2.05) is 6.92 Å². The topological polar surface area (TPSA) is 70.1 Å². The Labute approximate surface area is 113 Å². The van der Waals surface area contributed by atoms with Crippen molar-refractivity contribution >= 4 is 12.0 Å². The van der Waals surface area contributed by atoms with Crippen LogP contribution in [-0.4, -0.2) is 65.8 Å². The summed E-state index contributed by atoms with van der Waals surface area (Å²) in [6.07, 6.45) is 2.23. The number of carboxylic acid groups (broad SMARTS) is 1. The molecule has 0 bridgehead atoms. The predicted molar refractivity (Wildman–Crippen MR) is 68.9 cm³/mol. The van der Waals surface area contributed by atoms with Crippen LogP contribution in [0.2, 0.25) is 0 Å². The third-order valence-electron chi connectivity index (χ3n) is 4.15. The summed E-state index contributed by atoms with van der Waals surface area (Å²) in [6, 6.07) is -0.808. The molecule has 0 spiro atoms. The van der Waals surface area contributed by atoms with E-state index in [2.05, 4.69) is 0 Å². The number of piperidine rings is 1. The van der Waals surface area contributed by atoms with Crippen LogP contribution in [0, 0.1) is 5.92 Å². The molecular weight excluding hydrogens is 248 g/mol. The number of likely N-dealkylation sites (tertiary alicyclic amines) is 1. The molecule has 2 fully saturated rings.